The largest absolute Gasteiger partial charge is 0.394 e. The van der Waals surface area contributed by atoms with Gasteiger partial charge in [-0.15, -0.1) is 0 Å². The average molecular weight is 212 g/mol. The number of alkyl halides is 1. The predicted octanol–water partition coefficient (Wildman–Crippen LogP) is -1.15. The van der Waals surface area contributed by atoms with Gasteiger partial charge in [0, 0.05) is 6.54 Å². The number of aliphatic hydroxyl groups excluding tert-OH is 2. The lowest BCUT2D eigenvalue weighted by Gasteiger charge is -2.06. The molecule has 0 saturated heterocycles. The van der Waals surface area contributed by atoms with Gasteiger partial charge in [0.05, 0.1) is 18.0 Å². The quantitative estimate of drug-likeness (QED) is 0.515. The Kier molecular flexibility index (Phi) is 5.57. The van der Waals surface area contributed by atoms with Crippen molar-refractivity contribution in [3.8, 4) is 0 Å². The molecule has 4 nitrogen and oxygen atoms in total. The molecule has 0 spiro atoms. The Hall–Kier alpha value is -0.130. The molecule has 3 N–H and O–H groups in total. The van der Waals surface area contributed by atoms with Gasteiger partial charge in [-0.25, -0.2) is 0 Å². The lowest BCUT2D eigenvalue weighted by molar-refractivity contribution is -0.119. The van der Waals surface area contributed by atoms with Crippen LogP contribution in [0.25, 0.3) is 0 Å². The van der Waals surface area contributed by atoms with Crippen LogP contribution in [-0.4, -0.2) is 40.7 Å². The number of amides is 1. The SMILES string of the molecule is O=C(CBr)NCC(O)CO. The van der Waals surface area contributed by atoms with E-state index in [1.165, 1.54) is 0 Å². The normalized spacial score (nSPS) is 12.7. The van der Waals surface area contributed by atoms with Crippen molar-refractivity contribution in [3.63, 3.8) is 0 Å². The summed E-state index contributed by atoms with van der Waals surface area (Å²) in [7, 11) is 0. The molecule has 0 fully saturated rings. The predicted molar refractivity (Wildman–Crippen MR) is 39.9 cm³/mol. The maximum atomic E-state index is 10.5. The molecule has 0 bridgehead atoms. The van der Waals surface area contributed by atoms with Gasteiger partial charge in [0.15, 0.2) is 0 Å². The average Bonchev–Trinajstić information content (AvgIpc) is 1.99. The molecular weight excluding hydrogens is 202 g/mol. The van der Waals surface area contributed by atoms with E-state index in [4.69, 9.17) is 10.2 Å². The molecule has 5 heteroatoms. The second-order valence-corrected chi connectivity index (χ2v) is 2.33. The molecule has 0 aliphatic rings. The minimum Gasteiger partial charge on any atom is -0.394 e. The van der Waals surface area contributed by atoms with Crippen LogP contribution in [0.2, 0.25) is 0 Å². The van der Waals surface area contributed by atoms with E-state index in [0.29, 0.717) is 0 Å². The van der Waals surface area contributed by atoms with Crippen molar-refractivity contribution in [2.24, 2.45) is 0 Å². The molecular formula is C5H10BrNO3. The maximum Gasteiger partial charge on any atom is 0.230 e. The fourth-order valence-electron chi connectivity index (χ4n) is 0.343. The molecule has 0 rings (SSSR count). The Labute approximate surface area is 67.4 Å². The number of aliphatic hydroxyl groups is 2. The number of hydrogen-bond acceptors (Lipinski definition) is 3. The van der Waals surface area contributed by atoms with Crippen LogP contribution in [0.5, 0.6) is 0 Å². The van der Waals surface area contributed by atoms with E-state index >= 15 is 0 Å². The molecule has 10 heavy (non-hydrogen) atoms. The molecule has 0 aliphatic heterocycles. The first-order valence-corrected chi connectivity index (χ1v) is 3.94. The maximum absolute atomic E-state index is 10.5. The van der Waals surface area contributed by atoms with E-state index in [9.17, 15) is 4.79 Å². The van der Waals surface area contributed by atoms with Crippen LogP contribution in [0.1, 0.15) is 0 Å². The fourth-order valence-corrected chi connectivity index (χ4v) is 0.542. The first kappa shape index (κ1) is 9.87. The zero-order valence-electron chi connectivity index (χ0n) is 5.38. The van der Waals surface area contributed by atoms with Crippen LogP contribution in [0.4, 0.5) is 0 Å². The van der Waals surface area contributed by atoms with Crippen LogP contribution in [0, 0.1) is 0 Å². The summed E-state index contributed by atoms with van der Waals surface area (Å²) in [5, 5.41) is 19.6. The fraction of sp³-hybridized carbons (Fsp3) is 0.800. The Balaban J connectivity index is 3.26. The first-order valence-electron chi connectivity index (χ1n) is 2.82. The highest BCUT2D eigenvalue weighted by atomic mass is 79.9. The Morgan fingerprint density at radius 3 is 2.70 bits per heavy atom. The number of halogens is 1. The molecule has 0 aliphatic carbocycles. The summed E-state index contributed by atoms with van der Waals surface area (Å²) in [6.07, 6.45) is -0.858. The van der Waals surface area contributed by atoms with Gasteiger partial charge in [-0.2, -0.15) is 0 Å². The van der Waals surface area contributed by atoms with Gasteiger partial charge in [-0.1, -0.05) is 15.9 Å². The zero-order valence-corrected chi connectivity index (χ0v) is 6.97. The molecule has 0 saturated carbocycles. The summed E-state index contributed by atoms with van der Waals surface area (Å²) in [6, 6.07) is 0. The highest BCUT2D eigenvalue weighted by molar-refractivity contribution is 9.09. The van der Waals surface area contributed by atoms with Gasteiger partial charge < -0.3 is 15.5 Å². The Morgan fingerprint density at radius 2 is 2.30 bits per heavy atom. The van der Waals surface area contributed by atoms with Gasteiger partial charge in [0.25, 0.3) is 0 Å². The third kappa shape index (κ3) is 4.72. The van der Waals surface area contributed by atoms with Crippen molar-refractivity contribution in [2.45, 2.75) is 6.10 Å². The van der Waals surface area contributed by atoms with Crippen LogP contribution in [-0.2, 0) is 4.79 Å². The van der Waals surface area contributed by atoms with Crippen LogP contribution < -0.4 is 5.32 Å². The molecule has 0 heterocycles. The molecule has 0 radical (unpaired) electrons. The third-order valence-electron chi connectivity index (χ3n) is 0.867. The van der Waals surface area contributed by atoms with Crippen molar-refractivity contribution in [1.82, 2.24) is 5.32 Å². The summed E-state index contributed by atoms with van der Waals surface area (Å²) in [4.78, 5) is 10.5. The van der Waals surface area contributed by atoms with Gasteiger partial charge in [0.1, 0.15) is 0 Å². The number of nitrogens with one attached hydrogen (secondary N) is 1. The van der Waals surface area contributed by atoms with E-state index < -0.39 is 6.10 Å². The topological polar surface area (TPSA) is 69.6 Å². The highest BCUT2D eigenvalue weighted by Crippen LogP contribution is 1.80. The molecule has 1 amide bonds. The van der Waals surface area contributed by atoms with Crippen molar-refractivity contribution >= 4 is 21.8 Å². The van der Waals surface area contributed by atoms with Gasteiger partial charge >= 0.3 is 0 Å². The monoisotopic (exact) mass is 211 g/mol. The summed E-state index contributed by atoms with van der Waals surface area (Å²) >= 11 is 2.93. The van der Waals surface area contributed by atoms with E-state index in [-0.39, 0.29) is 24.4 Å². The smallest absolute Gasteiger partial charge is 0.230 e. The minimum atomic E-state index is -0.858. The molecule has 0 aromatic carbocycles. The zero-order chi connectivity index (χ0) is 7.98. The summed E-state index contributed by atoms with van der Waals surface area (Å²) in [5.41, 5.74) is 0. The Morgan fingerprint density at radius 1 is 1.70 bits per heavy atom. The number of carbonyl (C=O) groups excluding carboxylic acids is 1. The van der Waals surface area contributed by atoms with Crippen LogP contribution >= 0.6 is 15.9 Å². The molecule has 60 valence electrons. The standard InChI is InChI=1S/C5H10BrNO3/c6-1-5(10)7-2-4(9)3-8/h4,8-9H,1-3H2,(H,7,10). The molecule has 1 atom stereocenters. The van der Waals surface area contributed by atoms with E-state index in [1.54, 1.807) is 0 Å². The number of carbonyl (C=O) groups is 1. The van der Waals surface area contributed by atoms with E-state index in [0.717, 1.165) is 0 Å². The van der Waals surface area contributed by atoms with Gasteiger partial charge in [-0.3, -0.25) is 4.79 Å². The summed E-state index contributed by atoms with van der Waals surface area (Å²) in [6.45, 7) is -0.233. The number of hydrogen-bond donors (Lipinski definition) is 3. The minimum absolute atomic E-state index is 0.0981. The Bertz CT molecular complexity index is 109. The summed E-state index contributed by atoms with van der Waals surface area (Å²) in [5.74, 6) is -0.201. The van der Waals surface area contributed by atoms with Crippen molar-refractivity contribution in [2.75, 3.05) is 18.5 Å². The second kappa shape index (κ2) is 5.64. The summed E-state index contributed by atoms with van der Waals surface area (Å²) < 4.78 is 0. The molecule has 0 aromatic heterocycles. The lowest BCUT2D eigenvalue weighted by Crippen LogP contribution is -2.34. The molecule has 1 unspecified atom stereocenters. The third-order valence-corrected chi connectivity index (χ3v) is 1.38. The van der Waals surface area contributed by atoms with Crippen LogP contribution in [0.3, 0.4) is 0 Å². The van der Waals surface area contributed by atoms with Gasteiger partial charge in [-0.05, 0) is 0 Å². The van der Waals surface area contributed by atoms with Crippen molar-refractivity contribution in [3.05, 3.63) is 0 Å². The number of rotatable bonds is 4. The first-order chi connectivity index (χ1) is 4.70. The highest BCUT2D eigenvalue weighted by Gasteiger charge is 2.02. The van der Waals surface area contributed by atoms with Crippen LogP contribution in [0.15, 0.2) is 0 Å². The van der Waals surface area contributed by atoms with E-state index in [1.807, 2.05) is 0 Å². The second-order valence-electron chi connectivity index (χ2n) is 1.77. The van der Waals surface area contributed by atoms with Gasteiger partial charge in [0.2, 0.25) is 5.91 Å². The van der Waals surface area contributed by atoms with E-state index in [2.05, 4.69) is 21.2 Å². The van der Waals surface area contributed by atoms with Crippen molar-refractivity contribution < 1.29 is 15.0 Å². The van der Waals surface area contributed by atoms with Crippen molar-refractivity contribution in [1.29, 1.82) is 0 Å². The molecule has 0 aromatic rings. The lowest BCUT2D eigenvalue weighted by atomic mass is 10.4.